The smallest absolute Gasteiger partial charge is 0.343 e. The summed E-state index contributed by atoms with van der Waals surface area (Å²) in [6, 6.07) is 0. The van der Waals surface area contributed by atoms with Crippen LogP contribution in [0.25, 0.3) is 0 Å². The molecule has 0 spiro atoms. The molecule has 5 heteroatoms. The van der Waals surface area contributed by atoms with Gasteiger partial charge in [-0.05, 0) is 13.8 Å². The van der Waals surface area contributed by atoms with Crippen LogP contribution in [0, 0.1) is 6.92 Å². The van der Waals surface area contributed by atoms with Crippen LogP contribution in [0.2, 0.25) is 0 Å². The van der Waals surface area contributed by atoms with Crippen molar-refractivity contribution in [1.82, 2.24) is 5.16 Å². The number of aliphatic hydroxyl groups is 1. The maximum Gasteiger partial charge on any atom is 0.343 e. The highest BCUT2D eigenvalue weighted by Gasteiger charge is 2.23. The van der Waals surface area contributed by atoms with E-state index in [1.807, 2.05) is 0 Å². The van der Waals surface area contributed by atoms with Gasteiger partial charge in [0.15, 0.2) is 5.76 Å². The summed E-state index contributed by atoms with van der Waals surface area (Å²) in [5, 5.41) is 12.8. The van der Waals surface area contributed by atoms with E-state index < -0.39 is 12.1 Å². The van der Waals surface area contributed by atoms with Crippen molar-refractivity contribution in [3.63, 3.8) is 0 Å². The quantitative estimate of drug-likeness (QED) is 0.690. The normalized spacial score (nSPS) is 12.6. The third kappa shape index (κ3) is 1.70. The Labute approximate surface area is 75.3 Å². The Bertz CT molecular complexity index is 316. The number of aliphatic hydroxyl groups excluding tert-OH is 1. The number of carbonyl (C=O) groups excluding carboxylic acids is 1. The lowest BCUT2D eigenvalue weighted by Gasteiger charge is -2.01. The van der Waals surface area contributed by atoms with Crippen molar-refractivity contribution in [2.24, 2.45) is 0 Å². The number of methoxy groups -OCH3 is 1. The van der Waals surface area contributed by atoms with E-state index in [9.17, 15) is 9.90 Å². The lowest BCUT2D eigenvalue weighted by Crippen LogP contribution is -2.06. The highest BCUT2D eigenvalue weighted by molar-refractivity contribution is 5.91. The molecule has 1 N–H and O–H groups in total. The predicted molar refractivity (Wildman–Crippen MR) is 43.2 cm³/mol. The molecule has 72 valence electrons. The van der Waals surface area contributed by atoms with Crippen molar-refractivity contribution in [2.45, 2.75) is 20.0 Å². The van der Waals surface area contributed by atoms with Gasteiger partial charge in [-0.3, -0.25) is 0 Å². The molecule has 0 saturated heterocycles. The summed E-state index contributed by atoms with van der Waals surface area (Å²) < 4.78 is 9.30. The molecule has 13 heavy (non-hydrogen) atoms. The van der Waals surface area contributed by atoms with Crippen molar-refractivity contribution < 1.29 is 19.2 Å². The Morgan fingerprint density at radius 1 is 1.69 bits per heavy atom. The van der Waals surface area contributed by atoms with Crippen LogP contribution >= 0.6 is 0 Å². The summed E-state index contributed by atoms with van der Waals surface area (Å²) >= 11 is 0. The summed E-state index contributed by atoms with van der Waals surface area (Å²) in [7, 11) is 1.26. The summed E-state index contributed by atoms with van der Waals surface area (Å²) in [6.45, 7) is 3.11. The topological polar surface area (TPSA) is 72.6 Å². The summed E-state index contributed by atoms with van der Waals surface area (Å²) in [5.74, 6) is -0.404. The van der Waals surface area contributed by atoms with Gasteiger partial charge in [-0.1, -0.05) is 5.16 Å². The molecule has 0 bridgehead atoms. The number of hydrogen-bond donors (Lipinski definition) is 1. The summed E-state index contributed by atoms with van der Waals surface area (Å²) in [5.41, 5.74) is 0.625. The Hall–Kier alpha value is -1.36. The van der Waals surface area contributed by atoms with E-state index in [4.69, 9.17) is 4.52 Å². The molecule has 5 nitrogen and oxygen atoms in total. The van der Waals surface area contributed by atoms with Crippen LogP contribution < -0.4 is 0 Å². The molecule has 1 heterocycles. The molecule has 0 saturated carbocycles. The van der Waals surface area contributed by atoms with Crippen LogP contribution in [-0.4, -0.2) is 23.3 Å². The van der Waals surface area contributed by atoms with Crippen LogP contribution in [0.4, 0.5) is 0 Å². The van der Waals surface area contributed by atoms with Gasteiger partial charge in [-0.25, -0.2) is 4.79 Å². The van der Waals surface area contributed by atoms with Crippen molar-refractivity contribution in [2.75, 3.05) is 7.11 Å². The molecule has 1 rings (SSSR count). The van der Waals surface area contributed by atoms with Crippen LogP contribution in [0.3, 0.4) is 0 Å². The molecule has 0 aliphatic rings. The van der Waals surface area contributed by atoms with Gasteiger partial charge >= 0.3 is 5.97 Å². The van der Waals surface area contributed by atoms with E-state index >= 15 is 0 Å². The number of rotatable bonds is 2. The molecular formula is C8H11NO4. The van der Waals surface area contributed by atoms with Gasteiger partial charge in [0.05, 0.1) is 12.8 Å². The monoisotopic (exact) mass is 185 g/mol. The second kappa shape index (κ2) is 3.57. The Morgan fingerprint density at radius 2 is 2.31 bits per heavy atom. The van der Waals surface area contributed by atoms with Gasteiger partial charge < -0.3 is 14.4 Å². The lowest BCUT2D eigenvalue weighted by atomic mass is 10.1. The molecule has 1 aromatic rings. The van der Waals surface area contributed by atoms with Crippen molar-refractivity contribution in [3.8, 4) is 0 Å². The van der Waals surface area contributed by atoms with Gasteiger partial charge in [-0.15, -0.1) is 0 Å². The zero-order valence-corrected chi connectivity index (χ0v) is 7.70. The highest BCUT2D eigenvalue weighted by Crippen LogP contribution is 2.21. The first-order valence-electron chi connectivity index (χ1n) is 3.80. The number of nitrogens with zero attached hydrogens (tertiary/aromatic N) is 1. The van der Waals surface area contributed by atoms with E-state index in [2.05, 4.69) is 9.89 Å². The van der Waals surface area contributed by atoms with Crippen molar-refractivity contribution in [1.29, 1.82) is 0 Å². The zero-order chi connectivity index (χ0) is 10.0. The molecule has 1 unspecified atom stereocenters. The molecule has 0 amide bonds. The molecule has 0 aromatic carbocycles. The fraction of sp³-hybridized carbons (Fsp3) is 0.500. The first-order valence-corrected chi connectivity index (χ1v) is 3.80. The minimum atomic E-state index is -0.865. The fourth-order valence-corrected chi connectivity index (χ4v) is 1.02. The Morgan fingerprint density at radius 3 is 2.77 bits per heavy atom. The molecule has 0 fully saturated rings. The Balaban J connectivity index is 3.16. The minimum absolute atomic E-state index is 0.143. The average molecular weight is 185 g/mol. The van der Waals surface area contributed by atoms with Gasteiger partial charge in [0.25, 0.3) is 0 Å². The second-order valence-corrected chi connectivity index (χ2v) is 2.67. The number of esters is 1. The lowest BCUT2D eigenvalue weighted by molar-refractivity contribution is 0.0588. The third-order valence-corrected chi connectivity index (χ3v) is 1.66. The van der Waals surface area contributed by atoms with Gasteiger partial charge in [-0.2, -0.15) is 0 Å². The van der Waals surface area contributed by atoms with E-state index in [-0.39, 0.29) is 11.3 Å². The molecular weight excluding hydrogens is 174 g/mol. The van der Waals surface area contributed by atoms with E-state index in [0.717, 1.165) is 0 Å². The van der Waals surface area contributed by atoms with Gasteiger partial charge in [0.1, 0.15) is 11.7 Å². The van der Waals surface area contributed by atoms with E-state index in [0.29, 0.717) is 5.69 Å². The average Bonchev–Trinajstić information content (AvgIpc) is 2.46. The van der Waals surface area contributed by atoms with Gasteiger partial charge in [0, 0.05) is 0 Å². The zero-order valence-electron chi connectivity index (χ0n) is 7.70. The number of ether oxygens (including phenoxy) is 1. The largest absolute Gasteiger partial charge is 0.465 e. The van der Waals surface area contributed by atoms with Crippen LogP contribution in [-0.2, 0) is 4.74 Å². The maximum absolute atomic E-state index is 11.2. The standard InChI is InChI=1S/C8H11NO4/c1-4-6(8(11)12-3)7(5(2)10)13-9-4/h5,10H,1-3H3. The highest BCUT2D eigenvalue weighted by atomic mass is 16.5. The predicted octanol–water partition coefficient (Wildman–Crippen LogP) is 0.823. The Kier molecular flexibility index (Phi) is 2.67. The third-order valence-electron chi connectivity index (χ3n) is 1.66. The number of aromatic nitrogens is 1. The summed E-state index contributed by atoms with van der Waals surface area (Å²) in [4.78, 5) is 11.2. The molecule has 0 radical (unpaired) electrons. The van der Waals surface area contributed by atoms with Crippen LogP contribution in [0.1, 0.15) is 34.8 Å². The molecule has 1 aromatic heterocycles. The van der Waals surface area contributed by atoms with E-state index in [1.54, 1.807) is 6.92 Å². The van der Waals surface area contributed by atoms with Crippen molar-refractivity contribution in [3.05, 3.63) is 17.0 Å². The first-order chi connectivity index (χ1) is 6.07. The molecule has 0 aliphatic carbocycles. The number of carbonyl (C=O) groups is 1. The van der Waals surface area contributed by atoms with Crippen LogP contribution in [0.15, 0.2) is 4.52 Å². The number of aryl methyl sites for hydroxylation is 1. The fourth-order valence-electron chi connectivity index (χ4n) is 1.02. The molecule has 0 aliphatic heterocycles. The van der Waals surface area contributed by atoms with Crippen molar-refractivity contribution >= 4 is 5.97 Å². The maximum atomic E-state index is 11.2. The first kappa shape index (κ1) is 9.73. The molecule has 1 atom stereocenters. The summed E-state index contributed by atoms with van der Waals surface area (Å²) in [6.07, 6.45) is -0.865. The van der Waals surface area contributed by atoms with E-state index in [1.165, 1.54) is 14.0 Å². The second-order valence-electron chi connectivity index (χ2n) is 2.67. The van der Waals surface area contributed by atoms with Gasteiger partial charge in [0.2, 0.25) is 0 Å². The SMILES string of the molecule is COC(=O)c1c(C)noc1C(C)O. The van der Waals surface area contributed by atoms with Crippen LogP contribution in [0.5, 0.6) is 0 Å². The number of hydrogen-bond acceptors (Lipinski definition) is 5. The minimum Gasteiger partial charge on any atom is -0.465 e.